The second kappa shape index (κ2) is 16.5. The van der Waals surface area contributed by atoms with E-state index in [2.05, 4.69) is 19.1 Å². The molecule has 0 aromatic carbocycles. The van der Waals surface area contributed by atoms with E-state index >= 15 is 0 Å². The van der Waals surface area contributed by atoms with Crippen molar-refractivity contribution in [1.82, 2.24) is 0 Å². The third kappa shape index (κ3) is 11.9. The van der Waals surface area contributed by atoms with Gasteiger partial charge < -0.3 is 24.8 Å². The smallest absolute Gasteiger partial charge is 0.111 e. The highest BCUT2D eigenvalue weighted by atomic mass is 16.6. The lowest BCUT2D eigenvalue weighted by Crippen LogP contribution is -2.54. The van der Waals surface area contributed by atoms with Crippen LogP contribution in [0.5, 0.6) is 0 Å². The molecule has 0 aromatic rings. The highest BCUT2D eigenvalue weighted by molar-refractivity contribution is 4.86. The molecule has 27 heavy (non-hydrogen) atoms. The van der Waals surface area contributed by atoms with Crippen molar-refractivity contribution in [2.45, 2.75) is 108 Å². The van der Waals surface area contributed by atoms with Crippen molar-refractivity contribution in [2.24, 2.45) is 0 Å². The maximum Gasteiger partial charge on any atom is 0.111 e. The Morgan fingerprint density at radius 1 is 0.815 bits per heavy atom. The van der Waals surface area contributed by atoms with Crippen LogP contribution in [0.2, 0.25) is 0 Å². The molecule has 0 unspecified atom stereocenters. The number of ether oxygens (including phenoxy) is 2. The molecule has 3 N–H and O–H groups in total. The van der Waals surface area contributed by atoms with Crippen LogP contribution in [0, 0.1) is 0 Å². The Morgan fingerprint density at radius 3 is 2.07 bits per heavy atom. The Hall–Kier alpha value is -0.460. The van der Waals surface area contributed by atoms with Crippen LogP contribution in [0.15, 0.2) is 12.2 Å². The fraction of sp³-hybridized carbons (Fsp3) is 0.909. The van der Waals surface area contributed by atoms with Gasteiger partial charge in [-0.2, -0.15) is 0 Å². The molecule has 5 nitrogen and oxygen atoms in total. The van der Waals surface area contributed by atoms with Crippen LogP contribution >= 0.6 is 0 Å². The zero-order chi connectivity index (χ0) is 19.7. The van der Waals surface area contributed by atoms with Crippen molar-refractivity contribution in [3.63, 3.8) is 0 Å². The number of aliphatic hydroxyl groups excluding tert-OH is 3. The van der Waals surface area contributed by atoms with E-state index in [0.717, 1.165) is 12.8 Å². The van der Waals surface area contributed by atoms with Gasteiger partial charge in [-0.3, -0.25) is 0 Å². The Balaban J connectivity index is 1.83. The van der Waals surface area contributed by atoms with Gasteiger partial charge in [0.25, 0.3) is 0 Å². The molecule has 4 atom stereocenters. The first-order chi connectivity index (χ1) is 13.2. The number of unbranched alkanes of at least 4 members (excludes halogenated alkanes) is 10. The molecule has 1 aliphatic rings. The Bertz CT molecular complexity index is 361. The van der Waals surface area contributed by atoms with Gasteiger partial charge in [0.2, 0.25) is 0 Å². The number of aliphatic hydroxyl groups is 3. The molecule has 0 aliphatic carbocycles. The summed E-state index contributed by atoms with van der Waals surface area (Å²) in [5.41, 5.74) is 0. The molecule has 160 valence electrons. The first kappa shape index (κ1) is 24.6. The van der Waals surface area contributed by atoms with Crippen molar-refractivity contribution in [1.29, 1.82) is 0 Å². The monoisotopic (exact) mass is 386 g/mol. The van der Waals surface area contributed by atoms with Crippen LogP contribution in [-0.2, 0) is 9.47 Å². The van der Waals surface area contributed by atoms with Gasteiger partial charge in [-0.15, -0.1) is 0 Å². The van der Waals surface area contributed by atoms with E-state index in [1.165, 1.54) is 64.2 Å². The molecule has 1 aliphatic heterocycles. The fourth-order valence-electron chi connectivity index (χ4n) is 3.31. The zero-order valence-electron chi connectivity index (χ0n) is 17.2. The predicted molar refractivity (Wildman–Crippen MR) is 109 cm³/mol. The van der Waals surface area contributed by atoms with E-state index < -0.39 is 24.4 Å². The van der Waals surface area contributed by atoms with Gasteiger partial charge in [-0.25, -0.2) is 0 Å². The van der Waals surface area contributed by atoms with E-state index in [1.54, 1.807) is 0 Å². The molecule has 1 heterocycles. The zero-order valence-corrected chi connectivity index (χ0v) is 17.2. The summed E-state index contributed by atoms with van der Waals surface area (Å²) >= 11 is 0. The molecule has 1 rings (SSSR count). The van der Waals surface area contributed by atoms with E-state index in [-0.39, 0.29) is 13.2 Å². The molecule has 0 amide bonds. The largest absolute Gasteiger partial charge is 0.388 e. The normalized spacial score (nSPS) is 26.1. The predicted octanol–water partition coefficient (Wildman–Crippen LogP) is 3.74. The van der Waals surface area contributed by atoms with Gasteiger partial charge in [-0.05, 0) is 32.1 Å². The topological polar surface area (TPSA) is 79.2 Å². The average Bonchev–Trinajstić information content (AvgIpc) is 2.67. The molecule has 1 fully saturated rings. The van der Waals surface area contributed by atoms with Crippen molar-refractivity contribution < 1.29 is 24.8 Å². The third-order valence-electron chi connectivity index (χ3n) is 5.19. The quantitative estimate of drug-likeness (QED) is 0.278. The molecule has 0 radical (unpaired) electrons. The standard InChI is InChI=1S/C22H42O5/c1-2-3-4-5-6-7-8-9-10-11-12-13-14-15-16-26-18-20-22(25)21(24)19(23)17-27-20/h9-10,19-25H,2-8,11-18H2,1H3/b10-9+/t19-,20+,21+,22+/m1/s1. The Labute approximate surface area is 165 Å². The van der Waals surface area contributed by atoms with E-state index in [0.29, 0.717) is 6.61 Å². The van der Waals surface area contributed by atoms with Crippen molar-refractivity contribution in [2.75, 3.05) is 19.8 Å². The minimum Gasteiger partial charge on any atom is -0.388 e. The number of hydrogen-bond donors (Lipinski definition) is 3. The fourth-order valence-corrected chi connectivity index (χ4v) is 3.31. The number of allylic oxidation sites excluding steroid dienone is 2. The van der Waals surface area contributed by atoms with Gasteiger partial charge in [0, 0.05) is 6.61 Å². The summed E-state index contributed by atoms with van der Waals surface area (Å²) in [4.78, 5) is 0. The van der Waals surface area contributed by atoms with Crippen LogP contribution in [0.4, 0.5) is 0 Å². The molecule has 0 spiro atoms. The molecule has 1 saturated heterocycles. The van der Waals surface area contributed by atoms with Gasteiger partial charge in [-0.1, -0.05) is 64.0 Å². The van der Waals surface area contributed by atoms with Gasteiger partial charge >= 0.3 is 0 Å². The summed E-state index contributed by atoms with van der Waals surface area (Å²) in [5.74, 6) is 0. The van der Waals surface area contributed by atoms with Crippen LogP contribution in [-0.4, -0.2) is 59.6 Å². The van der Waals surface area contributed by atoms with Crippen molar-refractivity contribution in [3.8, 4) is 0 Å². The van der Waals surface area contributed by atoms with Gasteiger partial charge in [0.15, 0.2) is 0 Å². The van der Waals surface area contributed by atoms with Gasteiger partial charge in [0.1, 0.15) is 24.4 Å². The molecular formula is C22H42O5. The highest BCUT2D eigenvalue weighted by Gasteiger charge is 2.37. The van der Waals surface area contributed by atoms with Crippen LogP contribution in [0.25, 0.3) is 0 Å². The van der Waals surface area contributed by atoms with E-state index in [4.69, 9.17) is 9.47 Å². The maximum absolute atomic E-state index is 9.81. The van der Waals surface area contributed by atoms with Crippen molar-refractivity contribution >= 4 is 0 Å². The highest BCUT2D eigenvalue weighted by Crippen LogP contribution is 2.16. The summed E-state index contributed by atoms with van der Waals surface area (Å²) in [6, 6.07) is 0. The minimum absolute atomic E-state index is 0.0403. The summed E-state index contributed by atoms with van der Waals surface area (Å²) in [6.45, 7) is 3.19. The first-order valence-corrected chi connectivity index (χ1v) is 11.0. The van der Waals surface area contributed by atoms with Crippen molar-refractivity contribution in [3.05, 3.63) is 12.2 Å². The molecule has 0 bridgehead atoms. The minimum atomic E-state index is -1.15. The van der Waals surface area contributed by atoms with Crippen LogP contribution in [0.1, 0.15) is 84.0 Å². The van der Waals surface area contributed by atoms with Crippen LogP contribution < -0.4 is 0 Å². The lowest BCUT2D eigenvalue weighted by Gasteiger charge is -2.35. The Kier molecular flexibility index (Phi) is 15.0. The SMILES string of the molecule is CCCCCCCC/C=C/CCCCCCOC[C@@H]1OC[C@@H](O)[C@H](O)[C@H]1O. The molecule has 5 heteroatoms. The number of hydrogen-bond acceptors (Lipinski definition) is 5. The molecule has 0 saturated carbocycles. The van der Waals surface area contributed by atoms with E-state index in [1.807, 2.05) is 0 Å². The summed E-state index contributed by atoms with van der Waals surface area (Å²) in [5, 5.41) is 28.8. The summed E-state index contributed by atoms with van der Waals surface area (Å²) in [7, 11) is 0. The summed E-state index contributed by atoms with van der Waals surface area (Å²) in [6.07, 6.45) is 16.0. The average molecular weight is 387 g/mol. The first-order valence-electron chi connectivity index (χ1n) is 11.0. The summed E-state index contributed by atoms with van der Waals surface area (Å²) < 4.78 is 10.8. The van der Waals surface area contributed by atoms with E-state index in [9.17, 15) is 15.3 Å². The number of rotatable bonds is 16. The molecular weight excluding hydrogens is 344 g/mol. The molecule has 0 aromatic heterocycles. The second-order valence-corrected chi connectivity index (χ2v) is 7.73. The third-order valence-corrected chi connectivity index (χ3v) is 5.19. The van der Waals surface area contributed by atoms with Gasteiger partial charge in [0.05, 0.1) is 13.2 Å². The maximum atomic E-state index is 9.81. The second-order valence-electron chi connectivity index (χ2n) is 7.73. The lowest BCUT2D eigenvalue weighted by molar-refractivity contribution is -0.199. The van der Waals surface area contributed by atoms with Crippen LogP contribution in [0.3, 0.4) is 0 Å². The Morgan fingerprint density at radius 2 is 1.41 bits per heavy atom. The lowest BCUT2D eigenvalue weighted by atomic mass is 10.0.